The number of carboxylic acid groups (broad SMARTS) is 1. The van der Waals surface area contributed by atoms with Crippen molar-refractivity contribution in [2.75, 3.05) is 0 Å². The van der Waals surface area contributed by atoms with Gasteiger partial charge in [-0.2, -0.15) is 0 Å². The summed E-state index contributed by atoms with van der Waals surface area (Å²) in [4.78, 5) is 22.2. The van der Waals surface area contributed by atoms with Crippen LogP contribution in [-0.2, 0) is 9.59 Å². The Morgan fingerprint density at radius 3 is 2.20 bits per heavy atom. The molecule has 0 aliphatic heterocycles. The third-order valence-corrected chi connectivity index (χ3v) is 2.83. The van der Waals surface area contributed by atoms with Crippen molar-refractivity contribution in [3.05, 3.63) is 0 Å². The largest absolute Gasteiger partial charge is 0.480 e. The SMILES string of the molecule is CCCC(CC)C(C)(NC(C)=O)C(=O)O. The maximum absolute atomic E-state index is 11.2. The fourth-order valence-electron chi connectivity index (χ4n) is 1.95. The van der Waals surface area contributed by atoms with E-state index in [0.717, 1.165) is 19.3 Å². The van der Waals surface area contributed by atoms with Gasteiger partial charge in [0.05, 0.1) is 0 Å². The highest BCUT2D eigenvalue weighted by Gasteiger charge is 2.40. The van der Waals surface area contributed by atoms with Crippen molar-refractivity contribution in [1.29, 1.82) is 0 Å². The second-order valence-corrected chi connectivity index (χ2v) is 4.08. The van der Waals surface area contributed by atoms with Gasteiger partial charge in [-0.1, -0.05) is 26.7 Å². The van der Waals surface area contributed by atoms with Crippen molar-refractivity contribution in [3.8, 4) is 0 Å². The van der Waals surface area contributed by atoms with E-state index >= 15 is 0 Å². The second kappa shape index (κ2) is 5.73. The molecule has 0 radical (unpaired) electrons. The lowest BCUT2D eigenvalue weighted by atomic mass is 9.80. The van der Waals surface area contributed by atoms with Crippen molar-refractivity contribution >= 4 is 11.9 Å². The van der Waals surface area contributed by atoms with Crippen LogP contribution in [0.15, 0.2) is 0 Å². The number of amides is 1. The number of carbonyl (C=O) groups excluding carboxylic acids is 1. The Morgan fingerprint density at radius 1 is 1.40 bits per heavy atom. The van der Waals surface area contributed by atoms with E-state index in [1.54, 1.807) is 6.92 Å². The van der Waals surface area contributed by atoms with E-state index in [1.165, 1.54) is 6.92 Å². The van der Waals surface area contributed by atoms with Crippen LogP contribution in [-0.4, -0.2) is 22.5 Å². The smallest absolute Gasteiger partial charge is 0.329 e. The number of carbonyl (C=O) groups is 2. The zero-order chi connectivity index (χ0) is 12.1. The summed E-state index contributed by atoms with van der Waals surface area (Å²) in [6, 6.07) is 0. The molecule has 4 heteroatoms. The number of rotatable bonds is 6. The molecule has 2 atom stereocenters. The Balaban J connectivity index is 4.88. The van der Waals surface area contributed by atoms with Crippen molar-refractivity contribution in [2.24, 2.45) is 5.92 Å². The van der Waals surface area contributed by atoms with Crippen LogP contribution < -0.4 is 5.32 Å². The van der Waals surface area contributed by atoms with Crippen LogP contribution in [0.3, 0.4) is 0 Å². The van der Waals surface area contributed by atoms with Crippen LogP contribution in [0.25, 0.3) is 0 Å². The molecule has 88 valence electrons. The first kappa shape index (κ1) is 13.9. The summed E-state index contributed by atoms with van der Waals surface area (Å²) in [6.45, 7) is 6.89. The van der Waals surface area contributed by atoms with Gasteiger partial charge in [0.25, 0.3) is 0 Å². The van der Waals surface area contributed by atoms with Gasteiger partial charge in [-0.3, -0.25) is 4.79 Å². The third-order valence-electron chi connectivity index (χ3n) is 2.83. The van der Waals surface area contributed by atoms with Crippen LogP contribution in [0, 0.1) is 5.92 Å². The monoisotopic (exact) mass is 215 g/mol. The minimum atomic E-state index is -1.14. The molecule has 0 aliphatic rings. The fraction of sp³-hybridized carbons (Fsp3) is 0.818. The van der Waals surface area contributed by atoms with Gasteiger partial charge in [0.15, 0.2) is 0 Å². The zero-order valence-corrected chi connectivity index (χ0v) is 9.96. The van der Waals surface area contributed by atoms with Gasteiger partial charge in [0.2, 0.25) is 5.91 Å². The summed E-state index contributed by atoms with van der Waals surface area (Å²) >= 11 is 0. The van der Waals surface area contributed by atoms with Gasteiger partial charge in [-0.25, -0.2) is 4.79 Å². The summed E-state index contributed by atoms with van der Waals surface area (Å²) < 4.78 is 0. The van der Waals surface area contributed by atoms with Crippen LogP contribution in [0.5, 0.6) is 0 Å². The van der Waals surface area contributed by atoms with E-state index in [0.29, 0.717) is 0 Å². The Kier molecular flexibility index (Phi) is 5.33. The van der Waals surface area contributed by atoms with Gasteiger partial charge in [0.1, 0.15) is 5.54 Å². The van der Waals surface area contributed by atoms with E-state index in [2.05, 4.69) is 5.32 Å². The molecule has 0 bridgehead atoms. The maximum Gasteiger partial charge on any atom is 0.329 e. The molecule has 0 heterocycles. The van der Waals surface area contributed by atoms with E-state index < -0.39 is 11.5 Å². The molecule has 0 saturated carbocycles. The number of hydrogen-bond donors (Lipinski definition) is 2. The number of nitrogens with one attached hydrogen (secondary N) is 1. The lowest BCUT2D eigenvalue weighted by Crippen LogP contribution is -2.56. The van der Waals surface area contributed by atoms with Gasteiger partial charge >= 0.3 is 5.97 Å². The average molecular weight is 215 g/mol. The molecule has 0 fully saturated rings. The highest BCUT2D eigenvalue weighted by Crippen LogP contribution is 2.25. The summed E-state index contributed by atoms with van der Waals surface area (Å²) in [5.41, 5.74) is -1.14. The average Bonchev–Trinajstić information content (AvgIpc) is 2.12. The summed E-state index contributed by atoms with van der Waals surface area (Å²) in [5.74, 6) is -1.28. The van der Waals surface area contributed by atoms with Gasteiger partial charge in [-0.05, 0) is 19.3 Å². The summed E-state index contributed by atoms with van der Waals surface area (Å²) in [6.07, 6.45) is 2.47. The number of carboxylic acids is 1. The van der Waals surface area contributed by atoms with Gasteiger partial charge < -0.3 is 10.4 Å². The summed E-state index contributed by atoms with van der Waals surface area (Å²) in [5, 5.41) is 11.7. The molecule has 0 saturated heterocycles. The molecule has 4 nitrogen and oxygen atoms in total. The van der Waals surface area contributed by atoms with Gasteiger partial charge in [-0.15, -0.1) is 0 Å². The third kappa shape index (κ3) is 3.53. The molecule has 0 aromatic carbocycles. The molecule has 0 aliphatic carbocycles. The first-order valence-electron chi connectivity index (χ1n) is 5.40. The molecular weight excluding hydrogens is 194 g/mol. The molecule has 2 N–H and O–H groups in total. The van der Waals surface area contributed by atoms with E-state index in [-0.39, 0.29) is 11.8 Å². The minimum Gasteiger partial charge on any atom is -0.480 e. The topological polar surface area (TPSA) is 66.4 Å². The van der Waals surface area contributed by atoms with Crippen molar-refractivity contribution in [3.63, 3.8) is 0 Å². The van der Waals surface area contributed by atoms with Crippen LogP contribution in [0.2, 0.25) is 0 Å². The first-order valence-corrected chi connectivity index (χ1v) is 5.40. The maximum atomic E-state index is 11.2. The first-order chi connectivity index (χ1) is 6.88. The molecule has 0 spiro atoms. The fourth-order valence-corrected chi connectivity index (χ4v) is 1.95. The Bertz CT molecular complexity index is 240. The highest BCUT2D eigenvalue weighted by molar-refractivity contribution is 5.85. The molecule has 0 rings (SSSR count). The molecule has 0 aromatic rings. The number of aliphatic carboxylic acids is 1. The van der Waals surface area contributed by atoms with E-state index in [9.17, 15) is 14.7 Å². The van der Waals surface area contributed by atoms with Crippen molar-refractivity contribution < 1.29 is 14.7 Å². The number of hydrogen-bond acceptors (Lipinski definition) is 2. The van der Waals surface area contributed by atoms with Gasteiger partial charge in [0, 0.05) is 6.92 Å². The van der Waals surface area contributed by atoms with Crippen LogP contribution in [0.1, 0.15) is 47.0 Å². The Morgan fingerprint density at radius 2 is 1.93 bits per heavy atom. The lowest BCUT2D eigenvalue weighted by molar-refractivity contribution is -0.149. The lowest BCUT2D eigenvalue weighted by Gasteiger charge is -2.33. The summed E-state index contributed by atoms with van der Waals surface area (Å²) in [7, 11) is 0. The predicted molar refractivity (Wildman–Crippen MR) is 58.5 cm³/mol. The van der Waals surface area contributed by atoms with E-state index in [1.807, 2.05) is 13.8 Å². The van der Waals surface area contributed by atoms with Crippen LogP contribution >= 0.6 is 0 Å². The standard InChI is InChI=1S/C11H21NO3/c1-5-7-9(6-2)11(4,10(14)15)12-8(3)13/h9H,5-7H2,1-4H3,(H,12,13)(H,14,15). The molecule has 1 amide bonds. The Hall–Kier alpha value is -1.06. The molecule has 2 unspecified atom stereocenters. The van der Waals surface area contributed by atoms with Crippen molar-refractivity contribution in [2.45, 2.75) is 52.5 Å². The highest BCUT2D eigenvalue weighted by atomic mass is 16.4. The predicted octanol–water partition coefficient (Wildman–Crippen LogP) is 1.79. The minimum absolute atomic E-state index is 0.0242. The molecule has 0 aromatic heterocycles. The van der Waals surface area contributed by atoms with E-state index in [4.69, 9.17) is 0 Å². The Labute approximate surface area is 91.1 Å². The normalized spacial score (nSPS) is 16.5. The van der Waals surface area contributed by atoms with Crippen molar-refractivity contribution in [1.82, 2.24) is 5.32 Å². The second-order valence-electron chi connectivity index (χ2n) is 4.08. The van der Waals surface area contributed by atoms with Crippen LogP contribution in [0.4, 0.5) is 0 Å². The molecule has 15 heavy (non-hydrogen) atoms. The quantitative estimate of drug-likeness (QED) is 0.710. The zero-order valence-electron chi connectivity index (χ0n) is 9.96. The molecular formula is C11H21NO3.